The average molecular weight is 370 g/mol. The summed E-state index contributed by atoms with van der Waals surface area (Å²) < 4.78 is 63.1. The van der Waals surface area contributed by atoms with Gasteiger partial charge in [-0.25, -0.2) is 5.06 Å². The molecule has 10 heteroatoms. The van der Waals surface area contributed by atoms with Crippen molar-refractivity contribution in [3.05, 3.63) is 28.2 Å². The zero-order valence-corrected chi connectivity index (χ0v) is 12.1. The fourth-order valence-corrected chi connectivity index (χ4v) is 2.52. The largest absolute Gasteiger partial charge is 0.310 e. The van der Waals surface area contributed by atoms with Gasteiger partial charge in [-0.1, -0.05) is 35.4 Å². The molecule has 1 aromatic carbocycles. The number of hydrogen-bond donors (Lipinski definition) is 0. The van der Waals surface area contributed by atoms with Crippen LogP contribution in [0.2, 0.25) is 0 Å². The topological polar surface area (TPSA) is 29.5 Å². The normalized spacial score (nSPS) is 15.6. The van der Waals surface area contributed by atoms with Crippen molar-refractivity contribution >= 4 is 32.1 Å². The molecule has 1 amide bonds. The lowest BCUT2D eigenvalue weighted by Crippen LogP contribution is -2.25. The summed E-state index contributed by atoms with van der Waals surface area (Å²) in [4.78, 5) is 14.0. The molecule has 1 aromatic rings. The second-order valence-corrected chi connectivity index (χ2v) is 6.95. The third kappa shape index (κ3) is 4.05. The maximum atomic E-state index is 12.7. The predicted molar refractivity (Wildman–Crippen MR) is 64.6 cm³/mol. The van der Waals surface area contributed by atoms with Gasteiger partial charge >= 0.3 is 10.2 Å². The van der Waals surface area contributed by atoms with Gasteiger partial charge in [0, 0.05) is 17.1 Å². The lowest BCUT2D eigenvalue weighted by atomic mass is 10.2. The molecule has 0 atom stereocenters. The highest BCUT2D eigenvalue weighted by atomic mass is 79.9. The van der Waals surface area contributed by atoms with Gasteiger partial charge in [0.25, 0.3) is 5.91 Å². The Morgan fingerprint density at radius 3 is 2.16 bits per heavy atom. The van der Waals surface area contributed by atoms with E-state index >= 15 is 0 Å². The minimum Gasteiger partial charge on any atom is -0.274 e. The highest BCUT2D eigenvalue weighted by molar-refractivity contribution is 9.10. The molecule has 0 aliphatic heterocycles. The Labute approximate surface area is 114 Å². The highest BCUT2D eigenvalue weighted by Crippen LogP contribution is 3.02. The molecule has 0 aliphatic carbocycles. The summed E-state index contributed by atoms with van der Waals surface area (Å²) >= 11 is 2.67. The van der Waals surface area contributed by atoms with Crippen LogP contribution in [-0.2, 0) is 4.84 Å². The molecule has 0 bridgehead atoms. The van der Waals surface area contributed by atoms with Gasteiger partial charge in [0.15, 0.2) is 0 Å². The molecule has 0 spiro atoms. The van der Waals surface area contributed by atoms with Crippen molar-refractivity contribution in [1.29, 1.82) is 0 Å². The van der Waals surface area contributed by atoms with E-state index in [1.807, 2.05) is 0 Å². The number of amides is 1. The molecule has 3 nitrogen and oxygen atoms in total. The van der Waals surface area contributed by atoms with Crippen LogP contribution < -0.4 is 0 Å². The SMILES string of the molecule is CON(C)C(=O)c1cc(Br)cc(S(F)(F)(F)(F)F)c1. The smallest absolute Gasteiger partial charge is 0.274 e. The quantitative estimate of drug-likeness (QED) is 0.568. The van der Waals surface area contributed by atoms with Crippen LogP contribution in [0.4, 0.5) is 19.4 Å². The number of benzene rings is 1. The maximum absolute atomic E-state index is 12.7. The second kappa shape index (κ2) is 4.06. The Morgan fingerprint density at radius 1 is 1.21 bits per heavy atom. The van der Waals surface area contributed by atoms with E-state index in [1.165, 1.54) is 0 Å². The van der Waals surface area contributed by atoms with Crippen LogP contribution in [0.1, 0.15) is 10.4 Å². The molecule has 0 aliphatic rings. The van der Waals surface area contributed by atoms with Crippen molar-refractivity contribution in [2.75, 3.05) is 14.2 Å². The molecule has 0 aromatic heterocycles. The van der Waals surface area contributed by atoms with E-state index in [4.69, 9.17) is 0 Å². The first-order valence-corrected chi connectivity index (χ1v) is 7.36. The van der Waals surface area contributed by atoms with Crippen molar-refractivity contribution < 1.29 is 29.1 Å². The van der Waals surface area contributed by atoms with E-state index in [9.17, 15) is 24.2 Å². The Morgan fingerprint density at radius 2 is 1.74 bits per heavy atom. The fraction of sp³-hybridized carbons (Fsp3) is 0.222. The minimum absolute atomic E-state index is 0.101. The van der Waals surface area contributed by atoms with Gasteiger partial charge in [0.05, 0.1) is 7.11 Å². The summed E-state index contributed by atoms with van der Waals surface area (Å²) in [5.74, 6) is -0.980. The van der Waals surface area contributed by atoms with Crippen molar-refractivity contribution in [1.82, 2.24) is 5.06 Å². The van der Waals surface area contributed by atoms with E-state index in [0.717, 1.165) is 20.2 Å². The predicted octanol–water partition coefficient (Wildman–Crippen LogP) is 4.74. The van der Waals surface area contributed by atoms with Crippen molar-refractivity contribution in [3.8, 4) is 0 Å². The van der Waals surface area contributed by atoms with Crippen molar-refractivity contribution in [3.63, 3.8) is 0 Å². The van der Waals surface area contributed by atoms with Gasteiger partial charge in [-0.2, -0.15) is 0 Å². The molecule has 0 N–H and O–H groups in total. The Hall–Kier alpha value is -0.870. The van der Waals surface area contributed by atoms with Gasteiger partial charge in [-0.3, -0.25) is 9.63 Å². The number of carbonyl (C=O) groups is 1. The van der Waals surface area contributed by atoms with Crippen LogP contribution in [0, 0.1) is 0 Å². The Bertz CT molecular complexity index is 533. The molecule has 19 heavy (non-hydrogen) atoms. The first kappa shape index (κ1) is 16.2. The molecule has 0 saturated heterocycles. The van der Waals surface area contributed by atoms with E-state index in [1.54, 1.807) is 0 Å². The summed E-state index contributed by atoms with van der Waals surface area (Å²) in [5, 5.41) is 0.622. The Kier molecular flexibility index (Phi) is 3.46. The average Bonchev–Trinajstić information content (AvgIpc) is 2.23. The summed E-state index contributed by atoms with van der Waals surface area (Å²) in [6.07, 6.45) is 0. The van der Waals surface area contributed by atoms with Crippen LogP contribution in [0.25, 0.3) is 0 Å². The number of hydrogen-bond acceptors (Lipinski definition) is 2. The van der Waals surface area contributed by atoms with Crippen LogP contribution in [0.5, 0.6) is 0 Å². The van der Waals surface area contributed by atoms with E-state index in [-0.39, 0.29) is 16.6 Å². The van der Waals surface area contributed by atoms with Gasteiger partial charge in [0.1, 0.15) is 4.90 Å². The monoisotopic (exact) mass is 369 g/mol. The third-order valence-electron chi connectivity index (χ3n) is 2.12. The van der Waals surface area contributed by atoms with Crippen LogP contribution in [0.15, 0.2) is 27.6 Å². The zero-order chi connectivity index (χ0) is 15.1. The maximum Gasteiger partial charge on any atom is 0.310 e. The third-order valence-corrected chi connectivity index (χ3v) is 3.71. The highest BCUT2D eigenvalue weighted by Gasteiger charge is 2.65. The summed E-state index contributed by atoms with van der Waals surface area (Å²) in [5.41, 5.74) is -0.568. The summed E-state index contributed by atoms with van der Waals surface area (Å²) in [6.45, 7) is 0. The number of carbonyl (C=O) groups excluding carboxylic acids is 1. The van der Waals surface area contributed by atoms with Gasteiger partial charge in [0.2, 0.25) is 0 Å². The van der Waals surface area contributed by atoms with Gasteiger partial charge in [-0.15, -0.1) is 0 Å². The zero-order valence-electron chi connectivity index (χ0n) is 9.67. The number of nitrogens with zero attached hydrogens (tertiary/aromatic N) is 1. The van der Waals surface area contributed by atoms with Crippen LogP contribution in [0.3, 0.4) is 0 Å². The Balaban J connectivity index is 3.44. The molecule has 0 radical (unpaired) electrons. The lowest BCUT2D eigenvalue weighted by molar-refractivity contribution is -0.0757. The van der Waals surface area contributed by atoms with E-state index in [2.05, 4.69) is 20.8 Å². The molecule has 0 heterocycles. The molecular formula is C9H9BrF5NO2S. The molecule has 1 rings (SSSR count). The molecular weight excluding hydrogens is 361 g/mol. The first-order valence-electron chi connectivity index (χ1n) is 4.61. The minimum atomic E-state index is -9.84. The van der Waals surface area contributed by atoms with E-state index < -0.39 is 26.6 Å². The molecule has 110 valence electrons. The van der Waals surface area contributed by atoms with Crippen molar-refractivity contribution in [2.24, 2.45) is 0 Å². The van der Waals surface area contributed by atoms with Gasteiger partial charge in [-0.05, 0) is 18.2 Å². The summed E-state index contributed by atoms with van der Waals surface area (Å²) in [7, 11) is -7.58. The van der Waals surface area contributed by atoms with Crippen LogP contribution >= 0.6 is 26.2 Å². The number of hydroxylamine groups is 2. The summed E-state index contributed by atoms with van der Waals surface area (Å²) in [6, 6.07) is 1.32. The molecule has 0 fully saturated rings. The van der Waals surface area contributed by atoms with Gasteiger partial charge < -0.3 is 0 Å². The fourth-order valence-electron chi connectivity index (χ4n) is 1.17. The second-order valence-electron chi connectivity index (χ2n) is 3.63. The standard InChI is InChI=1S/C9H9BrF5NO2S/c1-16(18-2)9(17)6-3-7(10)5-8(4-6)19(11,12,13,14)15/h3-5H,1-2H3. The first-order chi connectivity index (χ1) is 8.24. The number of halogens is 6. The molecule has 0 unspecified atom stereocenters. The molecule has 0 saturated carbocycles. The van der Waals surface area contributed by atoms with Crippen molar-refractivity contribution in [2.45, 2.75) is 4.90 Å². The van der Waals surface area contributed by atoms with E-state index in [0.29, 0.717) is 5.06 Å². The lowest BCUT2D eigenvalue weighted by Gasteiger charge is -2.40. The van der Waals surface area contributed by atoms with Crippen LogP contribution in [-0.4, -0.2) is 25.1 Å². The number of rotatable bonds is 3.